The number of carboxylic acids is 2. The van der Waals surface area contributed by atoms with Gasteiger partial charge in [-0.3, -0.25) is 19.2 Å². The molecule has 0 bridgehead atoms. The smallest absolute Gasteiger partial charge is 0.328 e. The highest BCUT2D eigenvalue weighted by atomic mass is 32.2. The van der Waals surface area contributed by atoms with Crippen molar-refractivity contribution >= 4 is 52.3 Å². The van der Waals surface area contributed by atoms with Crippen molar-refractivity contribution in [2.75, 3.05) is 12.0 Å². The van der Waals surface area contributed by atoms with Gasteiger partial charge in [-0.2, -0.15) is 11.8 Å². The van der Waals surface area contributed by atoms with Crippen LogP contribution in [-0.4, -0.2) is 92.2 Å². The molecule has 0 aliphatic rings. The van der Waals surface area contributed by atoms with Gasteiger partial charge in [-0.25, -0.2) is 4.79 Å². The number of aromatic amines is 1. The lowest BCUT2D eigenvalue weighted by molar-refractivity contribution is -0.146. The summed E-state index contributed by atoms with van der Waals surface area (Å²) in [5, 5.41) is 35.8. The number of hydrogen-bond acceptors (Lipinski definition) is 8. The van der Waals surface area contributed by atoms with E-state index in [1.807, 2.05) is 29.6 Å². The maximum Gasteiger partial charge on any atom is 0.328 e. The van der Waals surface area contributed by atoms with Crippen LogP contribution in [0.15, 0.2) is 30.5 Å². The van der Waals surface area contributed by atoms with Crippen molar-refractivity contribution in [1.82, 2.24) is 20.9 Å². The number of aliphatic hydroxyl groups is 1. The highest BCUT2D eigenvalue weighted by Gasteiger charge is 2.33. The van der Waals surface area contributed by atoms with Gasteiger partial charge in [-0.05, 0) is 43.4 Å². The highest BCUT2D eigenvalue weighted by molar-refractivity contribution is 7.98. The molecule has 0 fully saturated rings. The van der Waals surface area contributed by atoms with Crippen molar-refractivity contribution in [2.24, 2.45) is 5.73 Å². The number of thioether (sulfide) groups is 1. The summed E-state index contributed by atoms with van der Waals surface area (Å²) in [4.78, 5) is 64.2. The minimum absolute atomic E-state index is 0.158. The Bertz CT molecular complexity index is 1150. The van der Waals surface area contributed by atoms with E-state index in [2.05, 4.69) is 15.6 Å². The number of carboxylic acid groups (broad SMARTS) is 2. The topological polar surface area (TPSA) is 224 Å². The number of fused-ring (bicyclic) bond motifs is 1. The Morgan fingerprint density at radius 1 is 1.00 bits per heavy atom. The van der Waals surface area contributed by atoms with E-state index in [1.54, 1.807) is 12.5 Å². The van der Waals surface area contributed by atoms with Crippen molar-refractivity contribution in [1.29, 1.82) is 0 Å². The number of carbonyl (C=O) groups is 5. The fourth-order valence-electron chi connectivity index (χ4n) is 3.71. The number of para-hydroxylation sites is 1. The van der Waals surface area contributed by atoms with Crippen molar-refractivity contribution in [3.05, 3.63) is 36.0 Å². The maximum absolute atomic E-state index is 13.0. The van der Waals surface area contributed by atoms with Gasteiger partial charge in [0.25, 0.3) is 0 Å². The van der Waals surface area contributed by atoms with E-state index >= 15 is 0 Å². The standard InChI is InChI=1S/C24H33N5O8S/c1-12(30)20(24(36)37)29-23(35)18(10-19(31)32)28-22(34)17(7-8-38-2)27-21(33)15(25)9-13-11-26-16-6-4-3-5-14(13)16/h3-6,11-12,15,17-18,20,26,30H,7-10,25H2,1-2H3,(H,27,33)(H,28,34)(H,29,35)(H,31,32)(H,36,37). The van der Waals surface area contributed by atoms with Crippen molar-refractivity contribution in [2.45, 2.75) is 56.5 Å². The number of carbonyl (C=O) groups excluding carboxylic acids is 3. The molecule has 38 heavy (non-hydrogen) atoms. The zero-order valence-corrected chi connectivity index (χ0v) is 21.8. The lowest BCUT2D eigenvalue weighted by Crippen LogP contribution is -2.58. The number of nitrogens with two attached hydrogens (primary N) is 1. The molecule has 0 saturated carbocycles. The van der Waals surface area contributed by atoms with E-state index in [0.29, 0.717) is 5.75 Å². The van der Waals surface area contributed by atoms with Gasteiger partial charge in [0.05, 0.1) is 18.6 Å². The Morgan fingerprint density at radius 3 is 2.24 bits per heavy atom. The van der Waals surface area contributed by atoms with Crippen LogP contribution in [0.4, 0.5) is 0 Å². The number of aliphatic hydroxyl groups excluding tert-OH is 1. The lowest BCUT2D eigenvalue weighted by Gasteiger charge is -2.25. The van der Waals surface area contributed by atoms with Crippen molar-refractivity contribution < 1.29 is 39.3 Å². The van der Waals surface area contributed by atoms with Crippen molar-refractivity contribution in [3.8, 4) is 0 Å². The molecule has 2 aromatic rings. The predicted octanol–water partition coefficient (Wildman–Crippen LogP) is -0.815. The van der Waals surface area contributed by atoms with Gasteiger partial charge in [0.2, 0.25) is 17.7 Å². The van der Waals surface area contributed by atoms with Crippen molar-refractivity contribution in [3.63, 3.8) is 0 Å². The molecule has 14 heteroatoms. The number of nitrogens with one attached hydrogen (secondary N) is 4. The van der Waals surface area contributed by atoms with E-state index in [0.717, 1.165) is 23.4 Å². The molecule has 5 unspecified atom stereocenters. The Hall–Kier alpha value is -3.62. The molecule has 9 N–H and O–H groups in total. The fraction of sp³-hybridized carbons (Fsp3) is 0.458. The van der Waals surface area contributed by atoms with Crippen LogP contribution in [0.25, 0.3) is 10.9 Å². The molecule has 13 nitrogen and oxygen atoms in total. The number of benzene rings is 1. The summed E-state index contributed by atoms with van der Waals surface area (Å²) in [5.41, 5.74) is 7.82. The second kappa shape index (κ2) is 14.4. The Kier molecular flexibility index (Phi) is 11.6. The average molecular weight is 552 g/mol. The minimum Gasteiger partial charge on any atom is -0.481 e. The monoisotopic (exact) mass is 551 g/mol. The van der Waals surface area contributed by atoms with Gasteiger partial charge in [-0.15, -0.1) is 0 Å². The van der Waals surface area contributed by atoms with Gasteiger partial charge in [0.15, 0.2) is 6.04 Å². The van der Waals surface area contributed by atoms with Gasteiger partial charge < -0.3 is 42.0 Å². The molecule has 208 valence electrons. The number of H-pyrrole nitrogens is 1. The third-order valence-corrected chi connectivity index (χ3v) is 6.40. The number of hydrogen-bond donors (Lipinski definition) is 8. The second-order valence-electron chi connectivity index (χ2n) is 8.74. The zero-order valence-electron chi connectivity index (χ0n) is 21.0. The lowest BCUT2D eigenvalue weighted by atomic mass is 10.0. The maximum atomic E-state index is 13.0. The van der Waals surface area contributed by atoms with Crippen LogP contribution in [0.2, 0.25) is 0 Å². The number of aromatic nitrogens is 1. The molecule has 1 aromatic heterocycles. The fourth-order valence-corrected chi connectivity index (χ4v) is 4.18. The van der Waals surface area contributed by atoms with Crippen LogP contribution in [-0.2, 0) is 30.4 Å². The molecule has 3 amide bonds. The number of amides is 3. The summed E-state index contributed by atoms with van der Waals surface area (Å²) in [5.74, 6) is -5.08. The quantitative estimate of drug-likeness (QED) is 0.137. The molecule has 0 radical (unpaired) electrons. The van der Waals surface area contributed by atoms with E-state index in [1.165, 1.54) is 11.8 Å². The number of aliphatic carboxylic acids is 2. The molecule has 5 atom stereocenters. The van der Waals surface area contributed by atoms with Crippen LogP contribution in [0.5, 0.6) is 0 Å². The van der Waals surface area contributed by atoms with Gasteiger partial charge >= 0.3 is 11.9 Å². The zero-order chi connectivity index (χ0) is 28.4. The summed E-state index contributed by atoms with van der Waals surface area (Å²) in [6, 6.07) is 1.99. The summed E-state index contributed by atoms with van der Waals surface area (Å²) in [7, 11) is 0. The van der Waals surface area contributed by atoms with E-state index < -0.39 is 66.4 Å². The van der Waals surface area contributed by atoms with Gasteiger partial charge in [0.1, 0.15) is 12.1 Å². The predicted molar refractivity (Wildman–Crippen MR) is 140 cm³/mol. The Labute approximate surface area is 222 Å². The molecule has 1 heterocycles. The molecule has 0 aliphatic carbocycles. The van der Waals surface area contributed by atoms with E-state index in [9.17, 15) is 39.3 Å². The third kappa shape index (κ3) is 8.75. The Balaban J connectivity index is 2.13. The first kappa shape index (κ1) is 30.6. The molecule has 0 spiro atoms. The molecular weight excluding hydrogens is 518 g/mol. The SMILES string of the molecule is CSCCC(NC(=O)C(N)Cc1c[nH]c2ccccc12)C(=O)NC(CC(=O)O)C(=O)NC(C(=O)O)C(C)O. The van der Waals surface area contributed by atoms with Gasteiger partial charge in [0, 0.05) is 17.1 Å². The molecular formula is C24H33N5O8S. The first-order valence-electron chi connectivity index (χ1n) is 11.8. The summed E-state index contributed by atoms with van der Waals surface area (Å²) < 4.78 is 0. The molecule has 1 aromatic carbocycles. The normalized spacial score (nSPS) is 15.1. The van der Waals surface area contributed by atoms with Crippen LogP contribution in [0.1, 0.15) is 25.3 Å². The average Bonchev–Trinajstić information content (AvgIpc) is 3.26. The van der Waals surface area contributed by atoms with Crippen LogP contribution in [0.3, 0.4) is 0 Å². The number of rotatable bonds is 15. The van der Waals surface area contributed by atoms with Crippen LogP contribution < -0.4 is 21.7 Å². The summed E-state index contributed by atoms with van der Waals surface area (Å²) in [6.45, 7) is 1.14. The largest absolute Gasteiger partial charge is 0.481 e. The van der Waals surface area contributed by atoms with E-state index in [-0.39, 0.29) is 12.8 Å². The highest BCUT2D eigenvalue weighted by Crippen LogP contribution is 2.19. The third-order valence-electron chi connectivity index (χ3n) is 5.75. The van der Waals surface area contributed by atoms with Crippen LogP contribution in [0, 0.1) is 0 Å². The molecule has 2 rings (SSSR count). The summed E-state index contributed by atoms with van der Waals surface area (Å²) in [6.07, 6.45) is 1.56. The first-order chi connectivity index (χ1) is 17.9. The summed E-state index contributed by atoms with van der Waals surface area (Å²) >= 11 is 1.41. The first-order valence-corrected chi connectivity index (χ1v) is 13.2. The van der Waals surface area contributed by atoms with E-state index in [4.69, 9.17) is 5.73 Å². The van der Waals surface area contributed by atoms with Crippen LogP contribution >= 0.6 is 11.8 Å². The second-order valence-corrected chi connectivity index (χ2v) is 9.72. The molecule has 0 aliphatic heterocycles. The Morgan fingerprint density at radius 2 is 1.63 bits per heavy atom. The van der Waals surface area contributed by atoms with Gasteiger partial charge in [-0.1, -0.05) is 18.2 Å². The molecule has 0 saturated heterocycles. The minimum atomic E-state index is -1.72.